The highest BCUT2D eigenvalue weighted by atomic mass is 79.9. The first-order valence-electron chi connectivity index (χ1n) is 4.89. The number of hydrogen-bond donors (Lipinski definition) is 1. The second-order valence-electron chi connectivity index (χ2n) is 3.47. The summed E-state index contributed by atoms with van der Waals surface area (Å²) in [7, 11) is 0. The van der Waals surface area contributed by atoms with Crippen LogP contribution >= 0.6 is 15.9 Å². The van der Waals surface area contributed by atoms with Crippen molar-refractivity contribution in [2.45, 2.75) is 13.3 Å². The molecule has 1 aromatic heterocycles. The topological polar surface area (TPSA) is 52.5 Å². The van der Waals surface area contributed by atoms with Crippen molar-refractivity contribution in [3.63, 3.8) is 0 Å². The standard InChI is InChI=1S/C12H10BrN3/c1-8-12(16-11(15-8)6-7-14)9-4-2-3-5-10(9)13/h2-5H,6H2,1H3,(H,15,16). The van der Waals surface area contributed by atoms with Crippen molar-refractivity contribution >= 4 is 15.9 Å². The van der Waals surface area contributed by atoms with Gasteiger partial charge in [-0.2, -0.15) is 5.26 Å². The Balaban J connectivity index is 2.49. The minimum Gasteiger partial charge on any atom is -0.345 e. The van der Waals surface area contributed by atoms with Gasteiger partial charge in [-0.25, -0.2) is 4.98 Å². The number of rotatable bonds is 2. The smallest absolute Gasteiger partial charge is 0.121 e. The molecule has 80 valence electrons. The summed E-state index contributed by atoms with van der Waals surface area (Å²) in [6, 6.07) is 10.0. The zero-order valence-electron chi connectivity index (χ0n) is 8.79. The maximum absolute atomic E-state index is 8.63. The molecule has 0 fully saturated rings. The van der Waals surface area contributed by atoms with Gasteiger partial charge in [0.05, 0.1) is 18.2 Å². The normalized spacial score (nSPS) is 10.1. The van der Waals surface area contributed by atoms with Crippen molar-refractivity contribution in [1.29, 1.82) is 5.26 Å². The molecule has 2 rings (SSSR count). The maximum Gasteiger partial charge on any atom is 0.121 e. The third-order valence-electron chi connectivity index (χ3n) is 2.31. The molecular formula is C12H10BrN3. The van der Waals surface area contributed by atoms with Crippen LogP contribution in [0.4, 0.5) is 0 Å². The highest BCUT2D eigenvalue weighted by Gasteiger charge is 2.10. The van der Waals surface area contributed by atoms with Crippen LogP contribution in [0.3, 0.4) is 0 Å². The van der Waals surface area contributed by atoms with Crippen LogP contribution in [0.15, 0.2) is 28.7 Å². The van der Waals surface area contributed by atoms with Gasteiger partial charge in [0.15, 0.2) is 0 Å². The Hall–Kier alpha value is -1.60. The van der Waals surface area contributed by atoms with Crippen LogP contribution in [0.1, 0.15) is 11.5 Å². The van der Waals surface area contributed by atoms with E-state index in [9.17, 15) is 0 Å². The molecule has 1 heterocycles. The fourth-order valence-electron chi connectivity index (χ4n) is 1.60. The molecule has 16 heavy (non-hydrogen) atoms. The zero-order valence-corrected chi connectivity index (χ0v) is 10.4. The van der Waals surface area contributed by atoms with Gasteiger partial charge in [0.25, 0.3) is 0 Å². The molecule has 0 unspecified atom stereocenters. The number of benzene rings is 1. The van der Waals surface area contributed by atoms with Gasteiger partial charge in [-0.05, 0) is 13.0 Å². The molecule has 0 aliphatic rings. The quantitative estimate of drug-likeness (QED) is 0.915. The van der Waals surface area contributed by atoms with E-state index in [0.29, 0.717) is 12.2 Å². The van der Waals surface area contributed by atoms with Crippen LogP contribution in [0, 0.1) is 18.3 Å². The van der Waals surface area contributed by atoms with Gasteiger partial charge in [0.2, 0.25) is 0 Å². The fourth-order valence-corrected chi connectivity index (χ4v) is 2.07. The summed E-state index contributed by atoms with van der Waals surface area (Å²) < 4.78 is 1.01. The van der Waals surface area contributed by atoms with Crippen LogP contribution in [-0.4, -0.2) is 9.97 Å². The molecule has 3 nitrogen and oxygen atoms in total. The third-order valence-corrected chi connectivity index (χ3v) is 3.00. The Morgan fingerprint density at radius 1 is 1.44 bits per heavy atom. The number of H-pyrrole nitrogens is 1. The molecule has 0 spiro atoms. The Labute approximate surface area is 102 Å². The van der Waals surface area contributed by atoms with Crippen molar-refractivity contribution < 1.29 is 0 Å². The van der Waals surface area contributed by atoms with Gasteiger partial charge >= 0.3 is 0 Å². The van der Waals surface area contributed by atoms with Crippen molar-refractivity contribution in [2.24, 2.45) is 0 Å². The van der Waals surface area contributed by atoms with Gasteiger partial charge < -0.3 is 4.98 Å². The van der Waals surface area contributed by atoms with E-state index >= 15 is 0 Å². The van der Waals surface area contributed by atoms with E-state index in [1.165, 1.54) is 0 Å². The molecule has 0 radical (unpaired) electrons. The summed E-state index contributed by atoms with van der Waals surface area (Å²) in [5.74, 6) is 0.714. The summed E-state index contributed by atoms with van der Waals surface area (Å²) in [5.41, 5.74) is 2.93. The van der Waals surface area contributed by atoms with Gasteiger partial charge in [0.1, 0.15) is 5.82 Å². The highest BCUT2D eigenvalue weighted by Crippen LogP contribution is 2.28. The summed E-state index contributed by atoms with van der Waals surface area (Å²) in [4.78, 5) is 7.54. The lowest BCUT2D eigenvalue weighted by atomic mass is 10.1. The van der Waals surface area contributed by atoms with E-state index in [1.807, 2.05) is 31.2 Å². The van der Waals surface area contributed by atoms with Crippen molar-refractivity contribution in [1.82, 2.24) is 9.97 Å². The summed E-state index contributed by atoms with van der Waals surface area (Å²) in [6.45, 7) is 1.96. The van der Waals surface area contributed by atoms with E-state index in [-0.39, 0.29) is 0 Å². The first-order chi connectivity index (χ1) is 7.72. The molecule has 0 saturated carbocycles. The zero-order chi connectivity index (χ0) is 11.5. The van der Waals surface area contributed by atoms with Crippen LogP contribution in [0.25, 0.3) is 11.3 Å². The number of aromatic nitrogens is 2. The first kappa shape index (κ1) is 10.9. The Kier molecular flexibility index (Phi) is 3.07. The maximum atomic E-state index is 8.63. The molecule has 0 saturated heterocycles. The molecule has 1 N–H and O–H groups in total. The number of halogens is 1. The van der Waals surface area contributed by atoms with E-state index in [4.69, 9.17) is 5.26 Å². The van der Waals surface area contributed by atoms with Crippen molar-refractivity contribution in [3.8, 4) is 17.3 Å². The van der Waals surface area contributed by atoms with Crippen LogP contribution in [-0.2, 0) is 6.42 Å². The van der Waals surface area contributed by atoms with Crippen LogP contribution in [0.2, 0.25) is 0 Å². The molecule has 4 heteroatoms. The predicted molar refractivity (Wildman–Crippen MR) is 65.8 cm³/mol. The Bertz CT molecular complexity index is 552. The molecule has 0 bridgehead atoms. The number of aromatic amines is 1. The molecule has 0 aliphatic heterocycles. The average molecular weight is 276 g/mol. The van der Waals surface area contributed by atoms with Gasteiger partial charge in [-0.15, -0.1) is 0 Å². The van der Waals surface area contributed by atoms with E-state index in [1.54, 1.807) is 0 Å². The number of nitrogens with zero attached hydrogens (tertiary/aromatic N) is 2. The average Bonchev–Trinajstić information content (AvgIpc) is 2.61. The van der Waals surface area contributed by atoms with Gasteiger partial charge in [0, 0.05) is 15.7 Å². The molecular weight excluding hydrogens is 266 g/mol. The summed E-state index contributed by atoms with van der Waals surface area (Å²) in [5, 5.41) is 8.63. The third kappa shape index (κ3) is 2.00. The second kappa shape index (κ2) is 4.50. The lowest BCUT2D eigenvalue weighted by Crippen LogP contribution is -1.84. The molecule has 0 atom stereocenters. The second-order valence-corrected chi connectivity index (χ2v) is 4.33. The van der Waals surface area contributed by atoms with Crippen LogP contribution < -0.4 is 0 Å². The lowest BCUT2D eigenvalue weighted by molar-refractivity contribution is 1.05. The predicted octanol–water partition coefficient (Wildman–Crippen LogP) is 3.21. The SMILES string of the molecule is Cc1[nH]c(CC#N)nc1-c1ccccc1Br. The Morgan fingerprint density at radius 3 is 2.88 bits per heavy atom. The molecule has 1 aromatic carbocycles. The first-order valence-corrected chi connectivity index (χ1v) is 5.69. The molecule has 0 amide bonds. The number of aryl methyl sites for hydroxylation is 1. The van der Waals surface area contributed by atoms with Crippen LogP contribution in [0.5, 0.6) is 0 Å². The largest absolute Gasteiger partial charge is 0.345 e. The fraction of sp³-hybridized carbons (Fsp3) is 0.167. The van der Waals surface area contributed by atoms with Crippen molar-refractivity contribution in [2.75, 3.05) is 0 Å². The lowest BCUT2D eigenvalue weighted by Gasteiger charge is -2.00. The molecule has 2 aromatic rings. The summed E-state index contributed by atoms with van der Waals surface area (Å²) >= 11 is 3.50. The van der Waals surface area contributed by atoms with Gasteiger partial charge in [-0.3, -0.25) is 0 Å². The minimum atomic E-state index is 0.311. The van der Waals surface area contributed by atoms with Gasteiger partial charge in [-0.1, -0.05) is 34.1 Å². The highest BCUT2D eigenvalue weighted by molar-refractivity contribution is 9.10. The number of imidazole rings is 1. The number of nitrogens with one attached hydrogen (secondary N) is 1. The summed E-state index contributed by atoms with van der Waals surface area (Å²) in [6.07, 6.45) is 0.311. The van der Waals surface area contributed by atoms with Crippen molar-refractivity contribution in [3.05, 3.63) is 40.3 Å². The minimum absolute atomic E-state index is 0.311. The van der Waals surface area contributed by atoms with E-state index < -0.39 is 0 Å². The van der Waals surface area contributed by atoms with E-state index in [0.717, 1.165) is 21.4 Å². The number of nitriles is 1. The number of hydrogen-bond acceptors (Lipinski definition) is 2. The molecule has 0 aliphatic carbocycles. The monoisotopic (exact) mass is 275 g/mol. The van der Waals surface area contributed by atoms with E-state index in [2.05, 4.69) is 32.0 Å². The Morgan fingerprint density at radius 2 is 2.19 bits per heavy atom.